The van der Waals surface area contributed by atoms with Crippen molar-refractivity contribution in [2.45, 2.75) is 40.2 Å². The van der Waals surface area contributed by atoms with Crippen molar-refractivity contribution in [1.29, 1.82) is 0 Å². The Kier molecular flexibility index (Phi) is 3.15. The normalized spacial score (nSPS) is 13.5. The minimum absolute atomic E-state index is 0.428. The topological polar surface area (TPSA) is 50.4 Å². The molecule has 0 amide bonds. The maximum Gasteiger partial charge on any atom is 0.158 e. The van der Waals surface area contributed by atoms with E-state index in [0.29, 0.717) is 5.92 Å². The summed E-state index contributed by atoms with van der Waals surface area (Å²) in [6, 6.07) is 0. The lowest BCUT2D eigenvalue weighted by Gasteiger charge is -2.17. The Hall–Kier alpha value is -1.42. The van der Waals surface area contributed by atoms with Crippen LogP contribution in [0.5, 0.6) is 0 Å². The Morgan fingerprint density at radius 1 is 1.29 bits per heavy atom. The van der Waals surface area contributed by atoms with Crippen LogP contribution in [0.3, 0.4) is 0 Å². The first-order valence-corrected chi connectivity index (χ1v) is 5.98. The highest BCUT2D eigenvalue weighted by atomic mass is 16.3. The Labute approximate surface area is 101 Å². The SMILES string of the molecule is Cc1c(C(O)CC(C)C)cn2ncnc2c1C. The molecule has 0 aliphatic heterocycles. The van der Waals surface area contributed by atoms with Crippen LogP contribution in [-0.2, 0) is 0 Å². The fourth-order valence-electron chi connectivity index (χ4n) is 2.14. The molecule has 0 saturated heterocycles. The number of nitrogens with zero attached hydrogens (tertiary/aromatic N) is 3. The van der Waals surface area contributed by atoms with E-state index in [2.05, 4.69) is 23.9 Å². The van der Waals surface area contributed by atoms with Gasteiger partial charge in [-0.2, -0.15) is 5.10 Å². The van der Waals surface area contributed by atoms with Crippen LogP contribution in [0.4, 0.5) is 0 Å². The Balaban J connectivity index is 2.50. The van der Waals surface area contributed by atoms with Crippen LogP contribution in [0.15, 0.2) is 12.5 Å². The van der Waals surface area contributed by atoms with E-state index in [4.69, 9.17) is 0 Å². The second-order valence-electron chi connectivity index (χ2n) is 5.01. The summed E-state index contributed by atoms with van der Waals surface area (Å²) >= 11 is 0. The lowest BCUT2D eigenvalue weighted by molar-refractivity contribution is 0.150. The Morgan fingerprint density at radius 2 is 2.00 bits per heavy atom. The molecule has 1 N–H and O–H groups in total. The molecule has 0 spiro atoms. The van der Waals surface area contributed by atoms with E-state index in [0.717, 1.165) is 28.8 Å². The van der Waals surface area contributed by atoms with Gasteiger partial charge in [-0.05, 0) is 37.3 Å². The zero-order valence-electron chi connectivity index (χ0n) is 10.8. The molecule has 0 aliphatic carbocycles. The van der Waals surface area contributed by atoms with E-state index in [-0.39, 0.29) is 0 Å². The highest BCUT2D eigenvalue weighted by Gasteiger charge is 2.16. The number of rotatable bonds is 3. The van der Waals surface area contributed by atoms with E-state index < -0.39 is 6.10 Å². The summed E-state index contributed by atoms with van der Waals surface area (Å²) in [7, 11) is 0. The van der Waals surface area contributed by atoms with Crippen LogP contribution >= 0.6 is 0 Å². The van der Waals surface area contributed by atoms with Gasteiger partial charge < -0.3 is 5.11 Å². The van der Waals surface area contributed by atoms with Crippen LogP contribution in [-0.4, -0.2) is 19.7 Å². The first kappa shape index (κ1) is 12.0. The summed E-state index contributed by atoms with van der Waals surface area (Å²) in [5.74, 6) is 0.469. The summed E-state index contributed by atoms with van der Waals surface area (Å²) < 4.78 is 1.74. The second kappa shape index (κ2) is 4.45. The molecular formula is C13H19N3O. The zero-order valence-corrected chi connectivity index (χ0v) is 10.8. The number of hydrogen-bond acceptors (Lipinski definition) is 3. The lowest BCUT2D eigenvalue weighted by Crippen LogP contribution is -2.07. The molecule has 0 radical (unpaired) electrons. The average molecular weight is 233 g/mol. The molecule has 0 bridgehead atoms. The summed E-state index contributed by atoms with van der Waals surface area (Å²) in [6.45, 7) is 8.27. The first-order chi connectivity index (χ1) is 8.00. The van der Waals surface area contributed by atoms with Gasteiger partial charge in [0.05, 0.1) is 6.10 Å². The minimum Gasteiger partial charge on any atom is -0.388 e. The molecule has 0 aromatic carbocycles. The van der Waals surface area contributed by atoms with Gasteiger partial charge in [-0.1, -0.05) is 13.8 Å². The van der Waals surface area contributed by atoms with E-state index in [1.54, 1.807) is 10.8 Å². The number of aryl methyl sites for hydroxylation is 1. The smallest absolute Gasteiger partial charge is 0.158 e. The van der Waals surface area contributed by atoms with Crippen LogP contribution in [0.2, 0.25) is 0 Å². The lowest BCUT2D eigenvalue weighted by atomic mass is 9.96. The van der Waals surface area contributed by atoms with Gasteiger partial charge in [0.25, 0.3) is 0 Å². The molecule has 4 heteroatoms. The summed E-state index contributed by atoms with van der Waals surface area (Å²) in [5, 5.41) is 14.4. The average Bonchev–Trinajstić information content (AvgIpc) is 2.70. The molecule has 0 saturated carbocycles. The first-order valence-electron chi connectivity index (χ1n) is 5.98. The minimum atomic E-state index is -0.428. The number of aliphatic hydroxyl groups is 1. The van der Waals surface area contributed by atoms with Gasteiger partial charge in [-0.15, -0.1) is 0 Å². The zero-order chi connectivity index (χ0) is 12.6. The van der Waals surface area contributed by atoms with Crippen molar-refractivity contribution in [2.24, 2.45) is 5.92 Å². The predicted molar refractivity (Wildman–Crippen MR) is 66.9 cm³/mol. The third-order valence-electron chi connectivity index (χ3n) is 3.22. The fourth-order valence-corrected chi connectivity index (χ4v) is 2.14. The summed E-state index contributed by atoms with van der Waals surface area (Å²) in [4.78, 5) is 4.21. The van der Waals surface area contributed by atoms with Crippen molar-refractivity contribution in [3.05, 3.63) is 29.2 Å². The van der Waals surface area contributed by atoms with Crippen LogP contribution in [0, 0.1) is 19.8 Å². The highest BCUT2D eigenvalue weighted by Crippen LogP contribution is 2.26. The van der Waals surface area contributed by atoms with E-state index >= 15 is 0 Å². The van der Waals surface area contributed by atoms with Crippen LogP contribution < -0.4 is 0 Å². The maximum atomic E-state index is 10.2. The van der Waals surface area contributed by atoms with Gasteiger partial charge in [0.15, 0.2) is 5.65 Å². The molecule has 2 rings (SSSR count). The molecular weight excluding hydrogens is 214 g/mol. The molecule has 4 nitrogen and oxygen atoms in total. The van der Waals surface area contributed by atoms with Crippen molar-refractivity contribution >= 4 is 5.65 Å². The highest BCUT2D eigenvalue weighted by molar-refractivity contribution is 5.52. The van der Waals surface area contributed by atoms with Crippen molar-refractivity contribution < 1.29 is 5.11 Å². The van der Waals surface area contributed by atoms with Crippen LogP contribution in [0.1, 0.15) is 43.1 Å². The van der Waals surface area contributed by atoms with Crippen molar-refractivity contribution in [1.82, 2.24) is 14.6 Å². The predicted octanol–water partition coefficient (Wildman–Crippen LogP) is 2.43. The van der Waals surface area contributed by atoms with Gasteiger partial charge in [-0.3, -0.25) is 0 Å². The van der Waals surface area contributed by atoms with E-state index in [1.165, 1.54) is 0 Å². The van der Waals surface area contributed by atoms with Crippen molar-refractivity contribution in [2.75, 3.05) is 0 Å². The van der Waals surface area contributed by atoms with Gasteiger partial charge in [0.1, 0.15) is 6.33 Å². The van der Waals surface area contributed by atoms with Crippen molar-refractivity contribution in [3.8, 4) is 0 Å². The third kappa shape index (κ3) is 2.17. The van der Waals surface area contributed by atoms with Gasteiger partial charge in [0.2, 0.25) is 0 Å². The van der Waals surface area contributed by atoms with E-state index in [1.807, 2.05) is 20.0 Å². The Morgan fingerprint density at radius 3 is 2.65 bits per heavy atom. The van der Waals surface area contributed by atoms with E-state index in [9.17, 15) is 5.11 Å². The molecule has 2 heterocycles. The number of pyridine rings is 1. The van der Waals surface area contributed by atoms with Crippen LogP contribution in [0.25, 0.3) is 5.65 Å². The molecule has 2 aromatic rings. The fraction of sp³-hybridized carbons (Fsp3) is 0.538. The molecule has 1 unspecified atom stereocenters. The number of aliphatic hydroxyl groups excluding tert-OH is 1. The van der Waals surface area contributed by atoms with Crippen molar-refractivity contribution in [3.63, 3.8) is 0 Å². The molecule has 0 aliphatic rings. The third-order valence-corrected chi connectivity index (χ3v) is 3.22. The summed E-state index contributed by atoms with van der Waals surface area (Å²) in [5.41, 5.74) is 4.01. The molecule has 2 aromatic heterocycles. The molecule has 92 valence electrons. The maximum absolute atomic E-state index is 10.2. The Bertz CT molecular complexity index is 531. The number of aromatic nitrogens is 3. The standard InChI is InChI=1S/C13H19N3O/c1-8(2)5-12(17)11-6-16-13(14-7-15-16)10(4)9(11)3/h6-8,12,17H,5H2,1-4H3. The van der Waals surface area contributed by atoms with Gasteiger partial charge in [0, 0.05) is 11.8 Å². The summed E-state index contributed by atoms with van der Waals surface area (Å²) in [6.07, 6.45) is 3.76. The second-order valence-corrected chi connectivity index (χ2v) is 5.01. The monoisotopic (exact) mass is 233 g/mol. The number of hydrogen-bond donors (Lipinski definition) is 1. The molecule has 17 heavy (non-hydrogen) atoms. The quantitative estimate of drug-likeness (QED) is 0.885. The molecule has 0 fully saturated rings. The van der Waals surface area contributed by atoms with Gasteiger partial charge >= 0.3 is 0 Å². The number of fused-ring (bicyclic) bond motifs is 1. The largest absolute Gasteiger partial charge is 0.388 e. The molecule has 1 atom stereocenters. The van der Waals surface area contributed by atoms with Gasteiger partial charge in [-0.25, -0.2) is 9.50 Å².